The van der Waals surface area contributed by atoms with Gasteiger partial charge in [0.15, 0.2) is 0 Å². The number of amides is 2. The van der Waals surface area contributed by atoms with Crippen molar-refractivity contribution in [2.45, 2.75) is 38.3 Å². The van der Waals surface area contributed by atoms with E-state index in [0.29, 0.717) is 30.7 Å². The van der Waals surface area contributed by atoms with Crippen LogP contribution in [0.15, 0.2) is 18.3 Å². The van der Waals surface area contributed by atoms with Crippen LogP contribution in [0, 0.1) is 5.92 Å². The average Bonchev–Trinajstić information content (AvgIpc) is 2.78. The molecule has 2 fully saturated rings. The first kappa shape index (κ1) is 14.3. The number of rotatable bonds is 4. The van der Waals surface area contributed by atoms with E-state index in [-0.39, 0.29) is 17.7 Å². The fourth-order valence-corrected chi connectivity index (χ4v) is 2.91. The Labute approximate surface area is 128 Å². The second-order valence-electron chi connectivity index (χ2n) is 5.74. The van der Waals surface area contributed by atoms with E-state index in [1.807, 2.05) is 11.0 Å². The summed E-state index contributed by atoms with van der Waals surface area (Å²) in [6.07, 6.45) is 5.33. The molecule has 1 aliphatic heterocycles. The first-order chi connectivity index (χ1) is 10.1. The first-order valence-electron chi connectivity index (χ1n) is 7.31. The molecule has 5 nitrogen and oxygen atoms in total. The van der Waals surface area contributed by atoms with Crippen molar-refractivity contribution in [3.8, 4) is 0 Å². The highest BCUT2D eigenvalue weighted by atomic mass is 35.5. The van der Waals surface area contributed by atoms with Gasteiger partial charge in [0.1, 0.15) is 5.15 Å². The van der Waals surface area contributed by atoms with Crippen LogP contribution in [0.1, 0.15) is 31.2 Å². The lowest BCUT2D eigenvalue weighted by atomic mass is 9.92. The van der Waals surface area contributed by atoms with Gasteiger partial charge in [-0.2, -0.15) is 0 Å². The van der Waals surface area contributed by atoms with E-state index in [9.17, 15) is 9.59 Å². The van der Waals surface area contributed by atoms with Crippen LogP contribution in [-0.2, 0) is 16.1 Å². The number of pyridine rings is 1. The molecule has 0 spiro atoms. The maximum Gasteiger partial charge on any atom is 0.225 e. The van der Waals surface area contributed by atoms with Crippen molar-refractivity contribution in [3.05, 3.63) is 29.0 Å². The maximum absolute atomic E-state index is 12.2. The predicted molar refractivity (Wildman–Crippen MR) is 78.6 cm³/mol. The van der Waals surface area contributed by atoms with Gasteiger partial charge in [-0.3, -0.25) is 9.59 Å². The molecule has 6 heteroatoms. The van der Waals surface area contributed by atoms with Crippen molar-refractivity contribution in [2.24, 2.45) is 5.92 Å². The van der Waals surface area contributed by atoms with Crippen LogP contribution < -0.4 is 5.32 Å². The summed E-state index contributed by atoms with van der Waals surface area (Å²) >= 11 is 5.72. The minimum Gasteiger partial charge on any atom is -0.352 e. The Morgan fingerprint density at radius 1 is 1.43 bits per heavy atom. The highest BCUT2D eigenvalue weighted by molar-refractivity contribution is 6.29. The third-order valence-corrected chi connectivity index (χ3v) is 4.52. The van der Waals surface area contributed by atoms with Gasteiger partial charge in [0.05, 0.1) is 5.92 Å². The van der Waals surface area contributed by atoms with Crippen LogP contribution in [-0.4, -0.2) is 34.3 Å². The van der Waals surface area contributed by atoms with Gasteiger partial charge in [-0.15, -0.1) is 0 Å². The van der Waals surface area contributed by atoms with E-state index in [1.54, 1.807) is 12.3 Å². The number of likely N-dealkylation sites (tertiary alicyclic amines) is 1. The van der Waals surface area contributed by atoms with Crippen LogP contribution in [0.2, 0.25) is 5.15 Å². The summed E-state index contributed by atoms with van der Waals surface area (Å²) in [4.78, 5) is 30.0. The second kappa shape index (κ2) is 6.02. The summed E-state index contributed by atoms with van der Waals surface area (Å²) in [6.45, 7) is 0.978. The second-order valence-corrected chi connectivity index (χ2v) is 6.13. The Morgan fingerprint density at radius 2 is 2.24 bits per heavy atom. The Morgan fingerprint density at radius 3 is 2.86 bits per heavy atom. The lowest BCUT2D eigenvalue weighted by molar-refractivity contribution is -0.131. The summed E-state index contributed by atoms with van der Waals surface area (Å²) in [5.74, 6) is -0.161. The molecule has 1 N–H and O–H groups in total. The number of hydrogen-bond donors (Lipinski definition) is 1. The van der Waals surface area contributed by atoms with E-state index in [1.165, 1.54) is 6.42 Å². The van der Waals surface area contributed by atoms with Gasteiger partial charge in [0.2, 0.25) is 11.8 Å². The molecule has 3 rings (SSSR count). The summed E-state index contributed by atoms with van der Waals surface area (Å²) in [5.41, 5.74) is 0.896. The molecule has 1 aromatic heterocycles. The van der Waals surface area contributed by atoms with Crippen LogP contribution in [0.3, 0.4) is 0 Å². The van der Waals surface area contributed by atoms with Crippen LogP contribution in [0.4, 0.5) is 0 Å². The topological polar surface area (TPSA) is 62.3 Å². The predicted octanol–water partition coefficient (Wildman–Crippen LogP) is 1.75. The number of nitrogens with zero attached hydrogens (tertiary/aromatic N) is 2. The molecule has 21 heavy (non-hydrogen) atoms. The van der Waals surface area contributed by atoms with E-state index < -0.39 is 0 Å². The van der Waals surface area contributed by atoms with Crippen LogP contribution in [0.25, 0.3) is 0 Å². The molecule has 2 amide bonds. The first-order valence-corrected chi connectivity index (χ1v) is 7.69. The molecule has 2 heterocycles. The third kappa shape index (κ3) is 3.18. The van der Waals surface area contributed by atoms with E-state index in [2.05, 4.69) is 10.3 Å². The van der Waals surface area contributed by atoms with Crippen LogP contribution >= 0.6 is 11.6 Å². The Kier molecular flexibility index (Phi) is 4.10. The number of nitrogens with one attached hydrogen (secondary N) is 1. The highest BCUT2D eigenvalue weighted by Gasteiger charge is 2.39. The quantitative estimate of drug-likeness (QED) is 0.862. The molecule has 0 bridgehead atoms. The van der Waals surface area contributed by atoms with Gasteiger partial charge in [0.25, 0.3) is 0 Å². The van der Waals surface area contributed by atoms with Crippen molar-refractivity contribution in [3.63, 3.8) is 0 Å². The van der Waals surface area contributed by atoms with Crippen molar-refractivity contribution in [2.75, 3.05) is 6.54 Å². The van der Waals surface area contributed by atoms with Gasteiger partial charge in [0, 0.05) is 31.7 Å². The fraction of sp³-hybridized carbons (Fsp3) is 0.533. The average molecular weight is 308 g/mol. The fourth-order valence-electron chi connectivity index (χ4n) is 2.80. The van der Waals surface area contributed by atoms with Crippen LogP contribution in [0.5, 0.6) is 0 Å². The van der Waals surface area contributed by atoms with Gasteiger partial charge in [-0.05, 0) is 30.9 Å². The smallest absolute Gasteiger partial charge is 0.225 e. The highest BCUT2D eigenvalue weighted by Crippen LogP contribution is 2.30. The molecule has 0 radical (unpaired) electrons. The standard InChI is InChI=1S/C15H18ClN3O2/c16-13-5-4-10(7-17-13)8-18-15(21)11-6-14(20)19(9-11)12-2-1-3-12/h4-5,7,11-12H,1-3,6,8-9H2,(H,18,21). The Bertz CT molecular complexity index is 542. The molecule has 2 aliphatic rings. The SMILES string of the molecule is O=C(NCc1ccc(Cl)nc1)C1CC(=O)N(C2CCC2)C1. The lowest BCUT2D eigenvalue weighted by Crippen LogP contribution is -2.42. The normalized spacial score (nSPS) is 22.2. The maximum atomic E-state index is 12.2. The van der Waals surface area contributed by atoms with E-state index >= 15 is 0 Å². The molecule has 1 unspecified atom stereocenters. The summed E-state index contributed by atoms with van der Waals surface area (Å²) < 4.78 is 0. The largest absolute Gasteiger partial charge is 0.352 e. The van der Waals surface area contributed by atoms with Gasteiger partial charge in [-0.25, -0.2) is 4.98 Å². The Hall–Kier alpha value is -1.62. The molecular weight excluding hydrogens is 290 g/mol. The third-order valence-electron chi connectivity index (χ3n) is 4.30. The zero-order valence-corrected chi connectivity index (χ0v) is 12.5. The minimum absolute atomic E-state index is 0.0554. The van der Waals surface area contributed by atoms with Gasteiger partial charge >= 0.3 is 0 Å². The monoisotopic (exact) mass is 307 g/mol. The van der Waals surface area contributed by atoms with Gasteiger partial charge < -0.3 is 10.2 Å². The molecule has 1 saturated carbocycles. The minimum atomic E-state index is -0.224. The van der Waals surface area contributed by atoms with E-state index in [4.69, 9.17) is 11.6 Å². The summed E-state index contributed by atoms with van der Waals surface area (Å²) in [5, 5.41) is 3.31. The van der Waals surface area contributed by atoms with Crippen molar-refractivity contribution in [1.29, 1.82) is 0 Å². The zero-order valence-electron chi connectivity index (χ0n) is 11.7. The number of halogens is 1. The molecule has 1 atom stereocenters. The number of carbonyl (C=O) groups excluding carboxylic acids is 2. The molecular formula is C15H18ClN3O2. The summed E-state index contributed by atoms with van der Waals surface area (Å²) in [7, 11) is 0. The Balaban J connectivity index is 1.51. The molecule has 1 aliphatic carbocycles. The van der Waals surface area contributed by atoms with E-state index in [0.717, 1.165) is 18.4 Å². The zero-order chi connectivity index (χ0) is 14.8. The van der Waals surface area contributed by atoms with Crippen molar-refractivity contribution < 1.29 is 9.59 Å². The molecule has 1 saturated heterocycles. The molecule has 0 aromatic carbocycles. The summed E-state index contributed by atoms with van der Waals surface area (Å²) in [6, 6.07) is 3.90. The van der Waals surface area contributed by atoms with Crippen molar-refractivity contribution >= 4 is 23.4 Å². The molecule has 1 aromatic rings. The lowest BCUT2D eigenvalue weighted by Gasteiger charge is -2.34. The van der Waals surface area contributed by atoms with Gasteiger partial charge in [-0.1, -0.05) is 17.7 Å². The molecule has 112 valence electrons. The van der Waals surface area contributed by atoms with Crippen molar-refractivity contribution in [1.82, 2.24) is 15.2 Å². The number of carbonyl (C=O) groups is 2. The number of hydrogen-bond acceptors (Lipinski definition) is 3. The number of aromatic nitrogens is 1.